The lowest BCUT2D eigenvalue weighted by Crippen LogP contribution is -2.44. The summed E-state index contributed by atoms with van der Waals surface area (Å²) < 4.78 is 12.0. The highest BCUT2D eigenvalue weighted by Crippen LogP contribution is 2.40. The van der Waals surface area contributed by atoms with Gasteiger partial charge in [0.1, 0.15) is 12.4 Å². The van der Waals surface area contributed by atoms with Crippen LogP contribution in [-0.2, 0) is 29.1 Å². The van der Waals surface area contributed by atoms with E-state index < -0.39 is 5.97 Å². The number of hydrogen-bond donors (Lipinski definition) is 2. The van der Waals surface area contributed by atoms with Gasteiger partial charge in [-0.2, -0.15) is 0 Å². The quantitative estimate of drug-likeness (QED) is 0.430. The van der Waals surface area contributed by atoms with Gasteiger partial charge in [-0.1, -0.05) is 36.4 Å². The van der Waals surface area contributed by atoms with Crippen LogP contribution in [0.25, 0.3) is 11.1 Å². The number of aliphatic carboxylic acids is 1. The number of rotatable bonds is 8. The summed E-state index contributed by atoms with van der Waals surface area (Å²) in [6.07, 6.45) is 4.66. The molecule has 0 bridgehead atoms. The van der Waals surface area contributed by atoms with Crippen LogP contribution in [0.15, 0.2) is 66.7 Å². The third-order valence-electron chi connectivity index (χ3n) is 7.78. The molecule has 2 aliphatic rings. The summed E-state index contributed by atoms with van der Waals surface area (Å²) in [4.78, 5) is 13.8. The van der Waals surface area contributed by atoms with E-state index in [1.807, 2.05) is 30.3 Å². The molecule has 5 rings (SSSR count). The summed E-state index contributed by atoms with van der Waals surface area (Å²) in [5, 5.41) is 9.28. The van der Waals surface area contributed by atoms with Crippen LogP contribution >= 0.6 is 0 Å². The van der Waals surface area contributed by atoms with Gasteiger partial charge in [-0.25, -0.2) is 0 Å². The Kier molecular flexibility index (Phi) is 7.77. The van der Waals surface area contributed by atoms with Gasteiger partial charge in [-0.3, -0.25) is 4.79 Å². The number of para-hydroxylation sites is 1. The molecule has 0 amide bonds. The van der Waals surface area contributed by atoms with E-state index in [1.54, 1.807) is 0 Å². The average molecular weight is 501 g/mol. The van der Waals surface area contributed by atoms with Crippen LogP contribution in [0.4, 0.5) is 5.69 Å². The van der Waals surface area contributed by atoms with Crippen molar-refractivity contribution < 1.29 is 19.4 Å². The summed E-state index contributed by atoms with van der Waals surface area (Å²) in [5.41, 5.74) is 12.5. The van der Waals surface area contributed by atoms with Crippen molar-refractivity contribution in [2.24, 2.45) is 11.1 Å². The normalized spacial score (nSPS) is 17.1. The van der Waals surface area contributed by atoms with Gasteiger partial charge in [0.05, 0.1) is 13.0 Å². The molecule has 0 saturated carbocycles. The lowest BCUT2D eigenvalue weighted by atomic mass is 9.74. The Morgan fingerprint density at radius 1 is 0.973 bits per heavy atom. The Morgan fingerprint density at radius 3 is 2.54 bits per heavy atom. The average Bonchev–Trinajstić information content (AvgIpc) is 2.93. The second kappa shape index (κ2) is 11.4. The summed E-state index contributed by atoms with van der Waals surface area (Å²) >= 11 is 0. The van der Waals surface area contributed by atoms with Crippen molar-refractivity contribution in [3.8, 4) is 16.9 Å². The topological polar surface area (TPSA) is 85.0 Å². The first-order valence-corrected chi connectivity index (χ1v) is 13.2. The Morgan fingerprint density at radius 2 is 1.78 bits per heavy atom. The molecule has 37 heavy (non-hydrogen) atoms. The van der Waals surface area contributed by atoms with Crippen molar-refractivity contribution in [1.29, 1.82) is 0 Å². The van der Waals surface area contributed by atoms with Crippen LogP contribution in [0.2, 0.25) is 0 Å². The fourth-order valence-electron chi connectivity index (χ4n) is 5.64. The minimum Gasteiger partial charge on any atom is -0.489 e. The third-order valence-corrected chi connectivity index (χ3v) is 7.78. The maximum absolute atomic E-state index is 11.3. The predicted octanol–water partition coefficient (Wildman–Crippen LogP) is 5.42. The highest BCUT2D eigenvalue weighted by atomic mass is 16.5. The SMILES string of the molecule is NCc1cccc(-c2cc(COc3ccccc3CC(=O)O)cc(N3CCC4(CCCOC4)CC3)c2)c1. The number of carboxylic acid groups (broad SMARTS) is 1. The Balaban J connectivity index is 1.41. The van der Waals surface area contributed by atoms with Crippen molar-refractivity contribution in [1.82, 2.24) is 0 Å². The molecule has 2 aliphatic heterocycles. The van der Waals surface area contributed by atoms with Gasteiger partial charge >= 0.3 is 5.97 Å². The Hall–Kier alpha value is -3.35. The zero-order valence-corrected chi connectivity index (χ0v) is 21.3. The van der Waals surface area contributed by atoms with Crippen molar-refractivity contribution in [2.75, 3.05) is 31.2 Å². The Bertz CT molecular complexity index is 1230. The molecule has 2 saturated heterocycles. The number of carboxylic acids is 1. The predicted molar refractivity (Wildman–Crippen MR) is 146 cm³/mol. The van der Waals surface area contributed by atoms with E-state index in [-0.39, 0.29) is 6.42 Å². The van der Waals surface area contributed by atoms with Crippen LogP contribution in [-0.4, -0.2) is 37.4 Å². The number of benzene rings is 3. The van der Waals surface area contributed by atoms with Gasteiger partial charge in [0.25, 0.3) is 0 Å². The van der Waals surface area contributed by atoms with Crippen LogP contribution in [0, 0.1) is 5.41 Å². The first kappa shape index (κ1) is 25.3. The van der Waals surface area contributed by atoms with E-state index >= 15 is 0 Å². The molecule has 0 unspecified atom stereocenters. The van der Waals surface area contributed by atoms with Crippen LogP contribution in [0.5, 0.6) is 5.75 Å². The summed E-state index contributed by atoms with van der Waals surface area (Å²) in [6, 6.07) is 22.4. The van der Waals surface area contributed by atoms with Crippen molar-refractivity contribution in [2.45, 2.75) is 45.3 Å². The lowest BCUT2D eigenvalue weighted by molar-refractivity contribution is -0.136. The molecule has 3 aromatic rings. The molecule has 0 aliphatic carbocycles. The molecule has 2 heterocycles. The highest BCUT2D eigenvalue weighted by Gasteiger charge is 2.36. The second-order valence-corrected chi connectivity index (χ2v) is 10.4. The highest BCUT2D eigenvalue weighted by molar-refractivity contribution is 5.72. The molecule has 6 heteroatoms. The number of anilines is 1. The van der Waals surface area contributed by atoms with Gasteiger partial charge in [0.15, 0.2) is 0 Å². The van der Waals surface area contributed by atoms with Crippen LogP contribution in [0.3, 0.4) is 0 Å². The number of carbonyl (C=O) groups is 1. The molecule has 1 spiro atoms. The van der Waals surface area contributed by atoms with E-state index in [4.69, 9.17) is 15.2 Å². The molecule has 194 valence electrons. The summed E-state index contributed by atoms with van der Waals surface area (Å²) in [7, 11) is 0. The van der Waals surface area contributed by atoms with E-state index in [0.717, 1.165) is 67.8 Å². The zero-order chi connectivity index (χ0) is 25.7. The van der Waals surface area contributed by atoms with Gasteiger partial charge in [-0.05, 0) is 83.7 Å². The maximum Gasteiger partial charge on any atom is 0.307 e. The third kappa shape index (κ3) is 6.14. The molecular weight excluding hydrogens is 464 g/mol. The van der Waals surface area contributed by atoms with E-state index in [9.17, 15) is 9.90 Å². The lowest BCUT2D eigenvalue weighted by Gasteiger charge is -2.44. The minimum atomic E-state index is -0.869. The Labute approximate surface area is 219 Å². The van der Waals surface area contributed by atoms with Gasteiger partial charge in [0, 0.05) is 37.5 Å². The molecule has 0 atom stereocenters. The standard InChI is InChI=1S/C31H36N2O4/c32-20-23-5-3-7-25(15-23)27-16-24(21-37-29-8-2-1-6-26(29)19-30(34)35)17-28(18-27)33-12-10-31(11-13-33)9-4-14-36-22-31/h1-3,5-8,15-18H,4,9-14,19-22,32H2,(H,34,35). The first-order chi connectivity index (χ1) is 18.0. The summed E-state index contributed by atoms with van der Waals surface area (Å²) in [5.74, 6) is -0.259. The van der Waals surface area contributed by atoms with E-state index in [0.29, 0.717) is 29.9 Å². The molecule has 6 nitrogen and oxygen atoms in total. The van der Waals surface area contributed by atoms with Crippen LogP contribution in [0.1, 0.15) is 42.4 Å². The number of nitrogens with two attached hydrogens (primary N) is 1. The zero-order valence-electron chi connectivity index (χ0n) is 21.3. The van der Waals surface area contributed by atoms with Gasteiger partial charge in [-0.15, -0.1) is 0 Å². The number of hydrogen-bond acceptors (Lipinski definition) is 5. The molecule has 0 radical (unpaired) electrons. The minimum absolute atomic E-state index is 0.0629. The monoisotopic (exact) mass is 500 g/mol. The molecule has 3 N–H and O–H groups in total. The second-order valence-electron chi connectivity index (χ2n) is 10.4. The fraction of sp³-hybridized carbons (Fsp3) is 0.387. The number of piperidine rings is 1. The van der Waals surface area contributed by atoms with Crippen LogP contribution < -0.4 is 15.4 Å². The largest absolute Gasteiger partial charge is 0.489 e. The van der Waals surface area contributed by atoms with Crippen molar-refractivity contribution in [3.63, 3.8) is 0 Å². The van der Waals surface area contributed by atoms with E-state index in [2.05, 4.69) is 41.3 Å². The number of ether oxygens (including phenoxy) is 2. The first-order valence-electron chi connectivity index (χ1n) is 13.2. The van der Waals surface area contributed by atoms with E-state index in [1.165, 1.54) is 12.1 Å². The molecule has 2 fully saturated rings. The smallest absolute Gasteiger partial charge is 0.307 e. The van der Waals surface area contributed by atoms with Crippen molar-refractivity contribution in [3.05, 3.63) is 83.4 Å². The fourth-order valence-corrected chi connectivity index (χ4v) is 5.64. The van der Waals surface area contributed by atoms with Gasteiger partial charge < -0.3 is 25.2 Å². The van der Waals surface area contributed by atoms with Gasteiger partial charge in [0.2, 0.25) is 0 Å². The molecule has 3 aromatic carbocycles. The number of nitrogens with zero attached hydrogens (tertiary/aromatic N) is 1. The van der Waals surface area contributed by atoms with Crippen molar-refractivity contribution >= 4 is 11.7 Å². The molecule has 0 aromatic heterocycles. The summed E-state index contributed by atoms with van der Waals surface area (Å²) in [6.45, 7) is 4.67. The maximum atomic E-state index is 11.3. The molecular formula is C31H36N2O4.